The minimum atomic E-state index is -0.870. The Bertz CT molecular complexity index is 664. The van der Waals surface area contributed by atoms with Crippen molar-refractivity contribution in [3.63, 3.8) is 0 Å². The average Bonchev–Trinajstić information content (AvgIpc) is 2.58. The van der Waals surface area contributed by atoms with Gasteiger partial charge in [0.25, 0.3) is 5.91 Å². The molecule has 2 rings (SSSR count). The van der Waals surface area contributed by atoms with Crippen molar-refractivity contribution in [2.75, 3.05) is 26.3 Å². The van der Waals surface area contributed by atoms with E-state index in [0.29, 0.717) is 35.5 Å². The highest BCUT2D eigenvalue weighted by molar-refractivity contribution is 9.10. The second-order valence-electron chi connectivity index (χ2n) is 5.39. The maximum atomic E-state index is 12.8. The van der Waals surface area contributed by atoms with Crippen LogP contribution in [0.1, 0.15) is 30.6 Å². The molecule has 0 spiro atoms. The van der Waals surface area contributed by atoms with E-state index in [9.17, 15) is 14.4 Å². The van der Waals surface area contributed by atoms with Crippen LogP contribution in [0.3, 0.4) is 0 Å². The number of amides is 2. The van der Waals surface area contributed by atoms with Gasteiger partial charge in [0.1, 0.15) is 11.8 Å². The van der Waals surface area contributed by atoms with Crippen LogP contribution >= 0.6 is 15.9 Å². The van der Waals surface area contributed by atoms with Gasteiger partial charge in [-0.15, -0.1) is 0 Å². The molecule has 0 aliphatic carbocycles. The van der Waals surface area contributed by atoms with Crippen LogP contribution in [-0.4, -0.2) is 55.0 Å². The van der Waals surface area contributed by atoms with Crippen molar-refractivity contribution in [3.8, 4) is 5.75 Å². The molecule has 0 bridgehead atoms. The molecule has 1 N–H and O–H groups in total. The van der Waals surface area contributed by atoms with Crippen LogP contribution in [0.5, 0.6) is 5.75 Å². The molecule has 1 saturated heterocycles. The second kappa shape index (κ2) is 8.84. The Morgan fingerprint density at radius 2 is 2.08 bits per heavy atom. The predicted octanol–water partition coefficient (Wildman–Crippen LogP) is 1.74. The Morgan fingerprint density at radius 3 is 2.72 bits per heavy atom. The zero-order chi connectivity index (χ0) is 18.4. The van der Waals surface area contributed by atoms with Crippen LogP contribution in [0.2, 0.25) is 0 Å². The van der Waals surface area contributed by atoms with Gasteiger partial charge in [-0.1, -0.05) is 0 Å². The van der Waals surface area contributed by atoms with Crippen molar-refractivity contribution in [3.05, 3.63) is 28.2 Å². The highest BCUT2D eigenvalue weighted by Crippen LogP contribution is 2.27. The van der Waals surface area contributed by atoms with Crippen molar-refractivity contribution in [2.24, 2.45) is 0 Å². The molecule has 7 nitrogen and oxygen atoms in total. The summed E-state index contributed by atoms with van der Waals surface area (Å²) in [5.41, 5.74) is 0.416. The van der Waals surface area contributed by atoms with Gasteiger partial charge in [-0.25, -0.2) is 0 Å². The van der Waals surface area contributed by atoms with Gasteiger partial charge in [-0.2, -0.15) is 0 Å². The second-order valence-corrected chi connectivity index (χ2v) is 6.25. The molecule has 1 fully saturated rings. The fourth-order valence-corrected chi connectivity index (χ4v) is 3.10. The van der Waals surface area contributed by atoms with Gasteiger partial charge >= 0.3 is 5.97 Å². The molecule has 136 valence electrons. The molecule has 0 aromatic heterocycles. The number of nitrogens with zero attached hydrogens (tertiary/aromatic N) is 1. The molecular formula is C17H21BrN2O5. The van der Waals surface area contributed by atoms with Gasteiger partial charge in [0.15, 0.2) is 0 Å². The Balaban J connectivity index is 2.20. The zero-order valence-electron chi connectivity index (χ0n) is 14.2. The number of esters is 1. The van der Waals surface area contributed by atoms with Crippen molar-refractivity contribution in [1.82, 2.24) is 10.2 Å². The summed E-state index contributed by atoms with van der Waals surface area (Å²) in [6.07, 6.45) is -0.163. The lowest BCUT2D eigenvalue weighted by Crippen LogP contribution is -2.57. The first-order valence-corrected chi connectivity index (χ1v) is 8.93. The third-order valence-electron chi connectivity index (χ3n) is 3.74. The van der Waals surface area contributed by atoms with Crippen LogP contribution in [0.25, 0.3) is 0 Å². The van der Waals surface area contributed by atoms with E-state index < -0.39 is 12.0 Å². The largest absolute Gasteiger partial charge is 0.493 e. The maximum Gasteiger partial charge on any atom is 0.308 e. The first kappa shape index (κ1) is 19.2. The fourth-order valence-electron chi connectivity index (χ4n) is 2.61. The van der Waals surface area contributed by atoms with Crippen molar-refractivity contribution in [2.45, 2.75) is 26.3 Å². The van der Waals surface area contributed by atoms with Gasteiger partial charge in [-0.3, -0.25) is 14.4 Å². The number of halogens is 1. The first-order valence-electron chi connectivity index (χ1n) is 8.14. The summed E-state index contributed by atoms with van der Waals surface area (Å²) in [6, 6.07) is 4.13. The monoisotopic (exact) mass is 412 g/mol. The molecule has 1 unspecified atom stereocenters. The molecule has 1 aliphatic rings. The summed E-state index contributed by atoms with van der Waals surface area (Å²) in [7, 11) is 0. The molecule has 0 radical (unpaired) electrons. The summed E-state index contributed by atoms with van der Waals surface area (Å²) in [4.78, 5) is 38.2. The van der Waals surface area contributed by atoms with E-state index in [1.165, 1.54) is 4.90 Å². The van der Waals surface area contributed by atoms with Crippen LogP contribution in [0, 0.1) is 0 Å². The lowest BCUT2D eigenvalue weighted by Gasteiger charge is -2.34. The normalized spacial score (nSPS) is 17.0. The molecule has 1 aliphatic heterocycles. The molecule has 1 aromatic rings. The Morgan fingerprint density at radius 1 is 1.32 bits per heavy atom. The molecule has 0 saturated carbocycles. The number of hydrogen-bond acceptors (Lipinski definition) is 5. The topological polar surface area (TPSA) is 84.9 Å². The molecular weight excluding hydrogens is 392 g/mol. The van der Waals surface area contributed by atoms with Crippen LogP contribution < -0.4 is 10.1 Å². The molecule has 1 aromatic carbocycles. The molecule has 1 atom stereocenters. The minimum absolute atomic E-state index is 0.163. The Kier molecular flexibility index (Phi) is 6.81. The third-order valence-corrected chi connectivity index (χ3v) is 4.36. The third kappa shape index (κ3) is 4.72. The Labute approximate surface area is 154 Å². The van der Waals surface area contributed by atoms with Crippen molar-refractivity contribution < 1.29 is 23.9 Å². The number of hydrogen-bond donors (Lipinski definition) is 1. The van der Waals surface area contributed by atoms with Crippen LogP contribution in [0.4, 0.5) is 0 Å². The van der Waals surface area contributed by atoms with E-state index in [1.807, 2.05) is 6.92 Å². The standard InChI is InChI=1S/C17H21BrN2O5/c1-3-24-14-6-5-11(9-12(14)18)17(23)20-8-7-19-16(22)13(20)10-15(21)25-4-2/h5-6,9,13H,3-4,7-8,10H2,1-2H3,(H,19,22). The number of rotatable bonds is 6. The van der Waals surface area contributed by atoms with Gasteiger partial charge in [0, 0.05) is 18.7 Å². The summed E-state index contributed by atoms with van der Waals surface area (Å²) >= 11 is 3.38. The first-order chi connectivity index (χ1) is 12.0. The van der Waals surface area contributed by atoms with E-state index in [1.54, 1.807) is 25.1 Å². The number of piperazine rings is 1. The van der Waals surface area contributed by atoms with E-state index >= 15 is 0 Å². The molecule has 2 amide bonds. The van der Waals surface area contributed by atoms with Gasteiger partial charge in [0.2, 0.25) is 5.91 Å². The van der Waals surface area contributed by atoms with E-state index in [0.717, 1.165) is 0 Å². The number of ether oxygens (including phenoxy) is 2. The smallest absolute Gasteiger partial charge is 0.308 e. The van der Waals surface area contributed by atoms with Gasteiger partial charge in [-0.05, 0) is 48.0 Å². The highest BCUT2D eigenvalue weighted by atomic mass is 79.9. The number of benzene rings is 1. The summed E-state index contributed by atoms with van der Waals surface area (Å²) in [6.45, 7) is 4.99. The number of carbonyl (C=O) groups is 3. The van der Waals surface area contributed by atoms with Crippen LogP contribution in [0.15, 0.2) is 22.7 Å². The zero-order valence-corrected chi connectivity index (χ0v) is 15.8. The quantitative estimate of drug-likeness (QED) is 0.719. The maximum absolute atomic E-state index is 12.8. The SMILES string of the molecule is CCOC(=O)CC1C(=O)NCCN1C(=O)c1ccc(OCC)c(Br)c1. The van der Waals surface area contributed by atoms with Crippen LogP contribution in [-0.2, 0) is 14.3 Å². The molecule has 25 heavy (non-hydrogen) atoms. The summed E-state index contributed by atoms with van der Waals surface area (Å²) < 4.78 is 11.0. The predicted molar refractivity (Wildman–Crippen MR) is 94.4 cm³/mol. The summed E-state index contributed by atoms with van der Waals surface area (Å²) in [5.74, 6) is -0.528. The van der Waals surface area contributed by atoms with Crippen molar-refractivity contribution in [1.29, 1.82) is 0 Å². The van der Waals surface area contributed by atoms with E-state index in [2.05, 4.69) is 21.2 Å². The lowest BCUT2D eigenvalue weighted by molar-refractivity contribution is -0.147. The van der Waals surface area contributed by atoms with Crippen molar-refractivity contribution >= 4 is 33.7 Å². The lowest BCUT2D eigenvalue weighted by atomic mass is 10.1. The van der Waals surface area contributed by atoms with E-state index in [4.69, 9.17) is 9.47 Å². The number of nitrogens with one attached hydrogen (secondary N) is 1. The van der Waals surface area contributed by atoms with Gasteiger partial charge < -0.3 is 19.7 Å². The minimum Gasteiger partial charge on any atom is -0.493 e. The van der Waals surface area contributed by atoms with E-state index in [-0.39, 0.29) is 24.8 Å². The summed E-state index contributed by atoms with van der Waals surface area (Å²) in [5, 5.41) is 2.68. The molecule has 1 heterocycles. The van der Waals surface area contributed by atoms with Gasteiger partial charge in [0.05, 0.1) is 24.1 Å². The average molecular weight is 413 g/mol. The number of carbonyl (C=O) groups excluding carboxylic acids is 3. The fraction of sp³-hybridized carbons (Fsp3) is 0.471. The highest BCUT2D eigenvalue weighted by Gasteiger charge is 2.35. The molecule has 8 heteroatoms. The Hall–Kier alpha value is -2.09.